The third-order valence-corrected chi connectivity index (χ3v) is 5.74. The van der Waals surface area contributed by atoms with Crippen LogP contribution in [0.2, 0.25) is 0 Å². The van der Waals surface area contributed by atoms with Crippen LogP contribution in [0.3, 0.4) is 0 Å². The van der Waals surface area contributed by atoms with Gasteiger partial charge in [0.2, 0.25) is 0 Å². The lowest BCUT2D eigenvalue weighted by molar-refractivity contribution is -0.125. The van der Waals surface area contributed by atoms with Crippen LogP contribution in [0.4, 0.5) is 0 Å². The van der Waals surface area contributed by atoms with E-state index in [4.69, 9.17) is 11.4 Å². The highest BCUT2D eigenvalue weighted by atomic mass is 16.1. The number of allylic oxidation sites excluding steroid dienone is 2. The van der Waals surface area contributed by atoms with Gasteiger partial charge >= 0.3 is 0 Å². The summed E-state index contributed by atoms with van der Waals surface area (Å²) in [5.74, 6) is 3.09. The first-order valence-corrected chi connectivity index (χ1v) is 10.4. The Labute approximate surface area is 177 Å². The Morgan fingerprint density at radius 1 is 1.07 bits per heavy atom. The lowest BCUT2D eigenvalue weighted by atomic mass is 9.80. The van der Waals surface area contributed by atoms with E-state index in [0.717, 1.165) is 33.6 Å². The maximum Gasteiger partial charge on any atom is 0.142 e. The molecule has 2 rings (SSSR count). The van der Waals surface area contributed by atoms with E-state index in [9.17, 15) is 4.79 Å². The number of ketones is 1. The van der Waals surface area contributed by atoms with Crippen molar-refractivity contribution in [2.45, 2.75) is 80.2 Å². The molecule has 1 unspecified atom stereocenters. The zero-order valence-corrected chi connectivity index (χ0v) is 19.5. The molecule has 2 heteroatoms. The molecule has 154 valence electrons. The van der Waals surface area contributed by atoms with Gasteiger partial charge in [-0.2, -0.15) is 0 Å². The molecule has 0 spiro atoms. The van der Waals surface area contributed by atoms with Gasteiger partial charge in [0.25, 0.3) is 0 Å². The van der Waals surface area contributed by atoms with Gasteiger partial charge in [-0.3, -0.25) is 9.79 Å². The standard InChI is InChI=1S/C27H35NO/c1-11-22(20-12-14-21(15-13-20)26(5,6)7)23(16-24(29)27(8,9)10)25-17(2)18(3)28-19(25)4/h1,12-15,19H,16H2,2-10H3/b23-22+. The molecule has 1 heterocycles. The average Bonchev–Trinajstić information content (AvgIpc) is 2.85. The lowest BCUT2D eigenvalue weighted by Gasteiger charge is -2.23. The number of carbonyl (C=O) groups excluding carboxylic acids is 1. The number of carbonyl (C=O) groups is 1. The van der Waals surface area contributed by atoms with Gasteiger partial charge < -0.3 is 0 Å². The predicted octanol–water partition coefficient (Wildman–Crippen LogP) is 6.56. The van der Waals surface area contributed by atoms with Gasteiger partial charge in [0.15, 0.2) is 0 Å². The summed E-state index contributed by atoms with van der Waals surface area (Å²) in [7, 11) is 0. The molecule has 0 radical (unpaired) electrons. The van der Waals surface area contributed by atoms with Crippen molar-refractivity contribution in [3.05, 3.63) is 52.1 Å². The number of hydrogen-bond acceptors (Lipinski definition) is 2. The molecule has 0 amide bonds. The van der Waals surface area contributed by atoms with Gasteiger partial charge in [-0.25, -0.2) is 0 Å². The quantitative estimate of drug-likeness (QED) is 0.536. The Kier molecular flexibility index (Phi) is 6.43. The monoisotopic (exact) mass is 389 g/mol. The van der Waals surface area contributed by atoms with Crippen LogP contribution in [0.25, 0.3) is 5.57 Å². The van der Waals surface area contributed by atoms with E-state index in [2.05, 4.69) is 64.8 Å². The maximum absolute atomic E-state index is 13.0. The average molecular weight is 390 g/mol. The summed E-state index contributed by atoms with van der Waals surface area (Å²) in [5.41, 5.74) is 6.90. The van der Waals surface area contributed by atoms with E-state index in [-0.39, 0.29) is 17.2 Å². The molecular formula is C27H35NO. The molecule has 2 nitrogen and oxygen atoms in total. The van der Waals surface area contributed by atoms with Crippen LogP contribution < -0.4 is 0 Å². The molecule has 0 saturated carbocycles. The summed E-state index contributed by atoms with van der Waals surface area (Å²) in [6.45, 7) is 18.6. The van der Waals surface area contributed by atoms with Crippen LogP contribution in [-0.4, -0.2) is 17.5 Å². The summed E-state index contributed by atoms with van der Waals surface area (Å²) in [5, 5.41) is 0. The number of hydrogen-bond donors (Lipinski definition) is 0. The SMILES string of the molecule is C#C/C(=C(/CC(=O)C(C)(C)C)C1=C(C)C(C)=NC1C)c1ccc(C(C)(C)C)cc1. The second-order valence-corrected chi connectivity index (χ2v) is 10.1. The van der Waals surface area contributed by atoms with Gasteiger partial charge in [-0.05, 0) is 54.0 Å². The molecule has 29 heavy (non-hydrogen) atoms. The summed E-state index contributed by atoms with van der Waals surface area (Å²) in [6.07, 6.45) is 6.35. The fraction of sp³-hybridized carbons (Fsp3) is 0.481. The molecule has 1 aromatic rings. The third-order valence-electron chi connectivity index (χ3n) is 5.74. The minimum Gasteiger partial charge on any atom is -0.299 e. The summed E-state index contributed by atoms with van der Waals surface area (Å²) >= 11 is 0. The molecule has 1 atom stereocenters. The Morgan fingerprint density at radius 2 is 1.62 bits per heavy atom. The maximum atomic E-state index is 13.0. The lowest BCUT2D eigenvalue weighted by Crippen LogP contribution is -2.22. The van der Waals surface area contributed by atoms with Crippen molar-refractivity contribution in [1.82, 2.24) is 0 Å². The summed E-state index contributed by atoms with van der Waals surface area (Å²) in [6, 6.07) is 8.45. The van der Waals surface area contributed by atoms with Crippen LogP contribution in [0.15, 0.2) is 46.0 Å². The largest absolute Gasteiger partial charge is 0.299 e. The molecule has 1 aliphatic heterocycles. The molecule has 0 bridgehead atoms. The Morgan fingerprint density at radius 3 is 2.00 bits per heavy atom. The van der Waals surface area contributed by atoms with Crippen molar-refractivity contribution >= 4 is 17.1 Å². The molecule has 0 aliphatic carbocycles. The highest BCUT2D eigenvalue weighted by molar-refractivity contribution is 6.04. The molecule has 1 aliphatic rings. The van der Waals surface area contributed by atoms with E-state index in [1.807, 2.05) is 27.7 Å². The fourth-order valence-electron chi connectivity index (χ4n) is 3.66. The number of nitrogens with zero attached hydrogens (tertiary/aromatic N) is 1. The second kappa shape index (κ2) is 8.15. The predicted molar refractivity (Wildman–Crippen MR) is 125 cm³/mol. The van der Waals surface area contributed by atoms with Crippen molar-refractivity contribution in [3.8, 4) is 12.3 Å². The molecule has 1 aromatic carbocycles. The molecule has 0 fully saturated rings. The van der Waals surface area contributed by atoms with Gasteiger partial charge in [0, 0.05) is 23.1 Å². The van der Waals surface area contributed by atoms with E-state index in [1.54, 1.807) is 0 Å². The van der Waals surface area contributed by atoms with E-state index in [0.29, 0.717) is 6.42 Å². The first-order chi connectivity index (χ1) is 13.3. The number of rotatable bonds is 4. The van der Waals surface area contributed by atoms with Crippen molar-refractivity contribution in [3.63, 3.8) is 0 Å². The summed E-state index contributed by atoms with van der Waals surface area (Å²) in [4.78, 5) is 17.7. The van der Waals surface area contributed by atoms with Crippen molar-refractivity contribution in [1.29, 1.82) is 0 Å². The number of aliphatic imine (C=N–C) groups is 1. The van der Waals surface area contributed by atoms with Crippen LogP contribution >= 0.6 is 0 Å². The minimum atomic E-state index is -0.423. The molecule has 0 N–H and O–H groups in total. The highest BCUT2D eigenvalue weighted by Gasteiger charge is 2.30. The van der Waals surface area contributed by atoms with E-state index >= 15 is 0 Å². The third kappa shape index (κ3) is 4.96. The summed E-state index contributed by atoms with van der Waals surface area (Å²) < 4.78 is 0. The normalized spacial score (nSPS) is 18.3. The van der Waals surface area contributed by atoms with E-state index in [1.165, 1.54) is 5.56 Å². The smallest absolute Gasteiger partial charge is 0.142 e. The molecular weight excluding hydrogens is 354 g/mol. The van der Waals surface area contributed by atoms with Crippen molar-refractivity contribution in [2.75, 3.05) is 0 Å². The van der Waals surface area contributed by atoms with Gasteiger partial charge in [-0.15, -0.1) is 6.42 Å². The topological polar surface area (TPSA) is 29.4 Å². The van der Waals surface area contributed by atoms with E-state index < -0.39 is 5.41 Å². The first-order valence-electron chi connectivity index (χ1n) is 10.4. The molecule has 0 saturated heterocycles. The Balaban J connectivity index is 2.68. The van der Waals surface area contributed by atoms with Crippen LogP contribution in [0, 0.1) is 17.8 Å². The zero-order chi connectivity index (χ0) is 22.1. The number of terminal acetylenes is 1. The minimum absolute atomic E-state index is 0.00923. The van der Waals surface area contributed by atoms with Crippen LogP contribution in [-0.2, 0) is 10.2 Å². The number of benzene rings is 1. The van der Waals surface area contributed by atoms with Crippen LogP contribution in [0.5, 0.6) is 0 Å². The van der Waals surface area contributed by atoms with Gasteiger partial charge in [0.1, 0.15) is 5.78 Å². The number of Topliss-reactive ketones (excluding diaryl/α,β-unsaturated/α-hetero) is 1. The first kappa shape index (κ1) is 22.9. The zero-order valence-electron chi connectivity index (χ0n) is 19.5. The van der Waals surface area contributed by atoms with Gasteiger partial charge in [0.05, 0.1) is 6.04 Å². The molecule has 0 aromatic heterocycles. The highest BCUT2D eigenvalue weighted by Crippen LogP contribution is 2.37. The van der Waals surface area contributed by atoms with Gasteiger partial charge in [-0.1, -0.05) is 71.7 Å². The van der Waals surface area contributed by atoms with Crippen LogP contribution in [0.1, 0.15) is 79.9 Å². The van der Waals surface area contributed by atoms with Crippen molar-refractivity contribution < 1.29 is 4.79 Å². The second-order valence-electron chi connectivity index (χ2n) is 10.1. The Hall–Kier alpha value is -2.40. The Bertz CT molecular complexity index is 932. The fourth-order valence-corrected chi connectivity index (χ4v) is 3.66. The van der Waals surface area contributed by atoms with Crippen molar-refractivity contribution in [2.24, 2.45) is 10.4 Å².